The van der Waals surface area contributed by atoms with E-state index in [1.807, 2.05) is 0 Å². The molecule has 164 valence electrons. The summed E-state index contributed by atoms with van der Waals surface area (Å²) in [6.07, 6.45) is -4.53. The normalized spacial score (nSPS) is 12.5. The van der Waals surface area contributed by atoms with E-state index < -0.39 is 32.0 Å². The van der Waals surface area contributed by atoms with Crippen molar-refractivity contribution in [2.75, 3.05) is 0 Å². The van der Waals surface area contributed by atoms with E-state index in [0.29, 0.717) is 0 Å². The zero-order valence-corrected chi connectivity index (χ0v) is 16.1. The van der Waals surface area contributed by atoms with Crippen molar-refractivity contribution in [3.8, 4) is 23.0 Å². The van der Waals surface area contributed by atoms with E-state index >= 15 is 0 Å². The Labute approximate surface area is 172 Å². The summed E-state index contributed by atoms with van der Waals surface area (Å²) in [5.74, 6) is 0.287. The van der Waals surface area contributed by atoms with Gasteiger partial charge in [0.2, 0.25) is 0 Å². The highest BCUT2D eigenvalue weighted by Crippen LogP contribution is 2.35. The summed E-state index contributed by atoms with van der Waals surface area (Å²) in [5, 5.41) is 0. The molecule has 0 radical (unpaired) electrons. The number of ether oxygens (including phenoxy) is 2. The Kier molecular flexibility index (Phi) is 5.90. The molecule has 0 saturated carbocycles. The van der Waals surface area contributed by atoms with Gasteiger partial charge in [-0.25, -0.2) is 8.42 Å². The molecule has 0 unspecified atom stereocenters. The van der Waals surface area contributed by atoms with Crippen LogP contribution in [0.15, 0.2) is 77.7 Å². The standard InChI is InChI=1S/C20H12F6O4S/c21-19(22,23)13-3-1-4-15(11-13)30-17-6-2-5-16(12-17)29-14-7-9-18(10-8-14)31(27,28)20(24,25)26/h1-12H. The third-order valence-corrected chi connectivity index (χ3v) is 5.38. The highest BCUT2D eigenvalue weighted by atomic mass is 32.2. The fourth-order valence-electron chi connectivity index (χ4n) is 2.43. The molecule has 4 nitrogen and oxygen atoms in total. The average Bonchev–Trinajstić information content (AvgIpc) is 2.67. The van der Waals surface area contributed by atoms with Gasteiger partial charge in [-0.3, -0.25) is 0 Å². The van der Waals surface area contributed by atoms with Crippen LogP contribution >= 0.6 is 0 Å². The lowest BCUT2D eigenvalue weighted by atomic mass is 10.2. The summed E-state index contributed by atoms with van der Waals surface area (Å²) in [7, 11) is -5.48. The molecule has 0 aliphatic carbocycles. The summed E-state index contributed by atoms with van der Waals surface area (Å²) in [5.41, 5.74) is -6.31. The molecule has 11 heteroatoms. The summed E-state index contributed by atoms with van der Waals surface area (Å²) in [4.78, 5) is -0.936. The highest BCUT2D eigenvalue weighted by molar-refractivity contribution is 7.92. The van der Waals surface area contributed by atoms with Crippen molar-refractivity contribution in [1.82, 2.24) is 0 Å². The Morgan fingerprint density at radius 3 is 1.61 bits per heavy atom. The van der Waals surface area contributed by atoms with Gasteiger partial charge in [-0.2, -0.15) is 26.3 Å². The predicted molar refractivity (Wildman–Crippen MR) is 97.7 cm³/mol. The molecule has 3 aromatic carbocycles. The molecule has 0 bridgehead atoms. The third kappa shape index (κ3) is 5.29. The van der Waals surface area contributed by atoms with E-state index in [1.165, 1.54) is 36.4 Å². The molecule has 31 heavy (non-hydrogen) atoms. The van der Waals surface area contributed by atoms with Gasteiger partial charge in [0.1, 0.15) is 23.0 Å². The largest absolute Gasteiger partial charge is 0.501 e. The lowest BCUT2D eigenvalue weighted by Gasteiger charge is -2.12. The number of hydrogen-bond acceptors (Lipinski definition) is 4. The Balaban J connectivity index is 1.76. The van der Waals surface area contributed by atoms with E-state index in [9.17, 15) is 34.8 Å². The quantitative estimate of drug-likeness (QED) is 0.402. The van der Waals surface area contributed by atoms with Crippen LogP contribution in [0.3, 0.4) is 0 Å². The van der Waals surface area contributed by atoms with Crippen molar-refractivity contribution in [3.63, 3.8) is 0 Å². The molecule has 0 atom stereocenters. The van der Waals surface area contributed by atoms with Crippen molar-refractivity contribution in [3.05, 3.63) is 78.4 Å². The Hall–Kier alpha value is -3.21. The number of sulfone groups is 1. The molecule has 3 rings (SSSR count). The van der Waals surface area contributed by atoms with Gasteiger partial charge in [-0.1, -0.05) is 12.1 Å². The zero-order valence-electron chi connectivity index (χ0n) is 15.2. The number of halogens is 6. The van der Waals surface area contributed by atoms with Crippen LogP contribution in [0.1, 0.15) is 5.56 Å². The van der Waals surface area contributed by atoms with Crippen molar-refractivity contribution < 1.29 is 44.2 Å². The molecule has 3 aromatic rings. The predicted octanol–water partition coefficient (Wildman–Crippen LogP) is 6.58. The smallest absolute Gasteiger partial charge is 0.457 e. The molecule has 0 spiro atoms. The molecule has 0 aliphatic rings. The Morgan fingerprint density at radius 1 is 0.613 bits per heavy atom. The fraction of sp³-hybridized carbons (Fsp3) is 0.100. The lowest BCUT2D eigenvalue weighted by Crippen LogP contribution is -2.23. The minimum Gasteiger partial charge on any atom is -0.457 e. The van der Waals surface area contributed by atoms with Crippen LogP contribution in [-0.4, -0.2) is 13.9 Å². The minimum atomic E-state index is -5.48. The van der Waals surface area contributed by atoms with Gasteiger partial charge in [0.05, 0.1) is 10.5 Å². The minimum absolute atomic E-state index is 0.0392. The Bertz CT molecular complexity index is 1170. The van der Waals surface area contributed by atoms with E-state index in [4.69, 9.17) is 9.47 Å². The molecule has 0 aromatic heterocycles. The van der Waals surface area contributed by atoms with E-state index in [1.54, 1.807) is 0 Å². The molecular formula is C20H12F6O4S. The molecule has 0 aliphatic heterocycles. The van der Waals surface area contributed by atoms with Crippen molar-refractivity contribution in [2.24, 2.45) is 0 Å². The maximum absolute atomic E-state index is 12.8. The van der Waals surface area contributed by atoms with Gasteiger partial charge in [0, 0.05) is 6.07 Å². The van der Waals surface area contributed by atoms with E-state index in [2.05, 4.69) is 0 Å². The number of alkyl halides is 6. The second kappa shape index (κ2) is 8.14. The molecule has 0 heterocycles. The van der Waals surface area contributed by atoms with Crippen LogP contribution in [0.4, 0.5) is 26.3 Å². The van der Waals surface area contributed by atoms with Gasteiger partial charge < -0.3 is 9.47 Å². The van der Waals surface area contributed by atoms with Crippen LogP contribution in [0.25, 0.3) is 0 Å². The first-order valence-electron chi connectivity index (χ1n) is 8.41. The summed E-state index contributed by atoms with van der Waals surface area (Å²) >= 11 is 0. The van der Waals surface area contributed by atoms with Gasteiger partial charge >= 0.3 is 11.7 Å². The third-order valence-electron chi connectivity index (χ3n) is 3.88. The highest BCUT2D eigenvalue weighted by Gasteiger charge is 2.46. The van der Waals surface area contributed by atoms with Gasteiger partial charge in [0.25, 0.3) is 9.84 Å². The van der Waals surface area contributed by atoms with Crippen LogP contribution in [-0.2, 0) is 16.0 Å². The molecular weight excluding hydrogens is 450 g/mol. The summed E-state index contributed by atoms with van der Waals surface area (Å²) in [6.45, 7) is 0. The fourth-order valence-corrected chi connectivity index (χ4v) is 3.19. The molecule has 0 amide bonds. The maximum Gasteiger partial charge on any atom is 0.501 e. The molecule has 0 N–H and O–H groups in total. The molecule has 0 saturated heterocycles. The molecule has 0 fully saturated rings. The van der Waals surface area contributed by atoms with Crippen molar-refractivity contribution in [2.45, 2.75) is 16.6 Å². The van der Waals surface area contributed by atoms with Crippen LogP contribution in [0.5, 0.6) is 23.0 Å². The summed E-state index contributed by atoms with van der Waals surface area (Å²) < 4.78 is 110. The monoisotopic (exact) mass is 462 g/mol. The average molecular weight is 462 g/mol. The SMILES string of the molecule is O=S(=O)(c1ccc(Oc2cccc(Oc3cccc(C(F)(F)F)c3)c2)cc1)C(F)(F)F. The van der Waals surface area contributed by atoms with E-state index in [0.717, 1.165) is 36.4 Å². The van der Waals surface area contributed by atoms with Crippen LogP contribution in [0, 0.1) is 0 Å². The van der Waals surface area contributed by atoms with Crippen molar-refractivity contribution >= 4 is 9.84 Å². The van der Waals surface area contributed by atoms with Gasteiger partial charge in [-0.05, 0) is 54.6 Å². The number of rotatable bonds is 5. The number of hydrogen-bond donors (Lipinski definition) is 0. The zero-order chi connectivity index (χ0) is 22.9. The maximum atomic E-state index is 12.8. The first-order valence-corrected chi connectivity index (χ1v) is 9.89. The first-order chi connectivity index (χ1) is 14.4. The summed E-state index contributed by atoms with van der Waals surface area (Å²) in [6, 6.07) is 13.6. The lowest BCUT2D eigenvalue weighted by molar-refractivity contribution is -0.137. The van der Waals surface area contributed by atoms with Gasteiger partial charge in [-0.15, -0.1) is 0 Å². The topological polar surface area (TPSA) is 52.6 Å². The first kappa shape index (κ1) is 22.5. The second-order valence-electron chi connectivity index (χ2n) is 6.13. The van der Waals surface area contributed by atoms with E-state index in [-0.39, 0.29) is 23.0 Å². The van der Waals surface area contributed by atoms with Crippen molar-refractivity contribution in [1.29, 1.82) is 0 Å². The Morgan fingerprint density at radius 2 is 1.10 bits per heavy atom. The van der Waals surface area contributed by atoms with Crippen LogP contribution < -0.4 is 9.47 Å². The second-order valence-corrected chi connectivity index (χ2v) is 8.07. The number of benzene rings is 3. The van der Waals surface area contributed by atoms with Gasteiger partial charge in [0.15, 0.2) is 0 Å². The van der Waals surface area contributed by atoms with Crippen LogP contribution in [0.2, 0.25) is 0 Å².